The summed E-state index contributed by atoms with van der Waals surface area (Å²) in [6.07, 6.45) is -0.955. The van der Waals surface area contributed by atoms with E-state index in [4.69, 9.17) is 4.89 Å². The average molecular weight is 242 g/mol. The highest BCUT2D eigenvalue weighted by Gasteiger charge is 2.22. The quantitative estimate of drug-likeness (QED) is 0.424. The van der Waals surface area contributed by atoms with Crippen LogP contribution in [0.3, 0.4) is 0 Å². The van der Waals surface area contributed by atoms with Gasteiger partial charge in [-0.1, -0.05) is 0 Å². The Morgan fingerprint density at radius 3 is 2.47 bits per heavy atom. The van der Waals surface area contributed by atoms with E-state index in [-0.39, 0.29) is 19.6 Å². The molecule has 0 aromatic carbocycles. The molecule has 1 N–H and O–H groups in total. The topological polar surface area (TPSA) is 108 Å². The number of phosphoric acid groups is 1. The Kier molecular flexibility index (Phi) is 6.89. The monoisotopic (exact) mass is 242 g/mol. The fraction of sp³-hybridized carbons (Fsp3) is 0.667. The van der Waals surface area contributed by atoms with Crippen LogP contribution in [0.4, 0.5) is 0 Å². The third-order valence-corrected chi connectivity index (χ3v) is 2.19. The molecule has 2 unspecified atom stereocenters. The van der Waals surface area contributed by atoms with Gasteiger partial charge in [0.25, 0.3) is 12.9 Å². The third kappa shape index (κ3) is 7.03. The second kappa shape index (κ2) is 7.36. The van der Waals surface area contributed by atoms with Crippen LogP contribution in [-0.4, -0.2) is 44.3 Å². The zero-order valence-electron chi connectivity index (χ0n) is 7.90. The molecule has 0 aromatic heterocycles. The molecule has 0 aliphatic carbocycles. The molecule has 0 saturated heterocycles. The van der Waals surface area contributed by atoms with E-state index >= 15 is 0 Å². The Morgan fingerprint density at radius 2 is 2.00 bits per heavy atom. The van der Waals surface area contributed by atoms with Crippen molar-refractivity contribution >= 4 is 20.8 Å². The first-order chi connectivity index (χ1) is 7.05. The summed E-state index contributed by atoms with van der Waals surface area (Å²) in [5.74, 6) is 0. The van der Waals surface area contributed by atoms with Crippen molar-refractivity contribution in [1.82, 2.24) is 0 Å². The summed E-state index contributed by atoms with van der Waals surface area (Å²) >= 11 is 0. The number of rotatable bonds is 9. The maximum Gasteiger partial charge on any atom is 0.472 e. The molecule has 0 spiro atoms. The van der Waals surface area contributed by atoms with Gasteiger partial charge in [0.1, 0.15) is 6.61 Å². The van der Waals surface area contributed by atoms with Crippen LogP contribution in [0.5, 0.6) is 0 Å². The molecule has 0 aliphatic heterocycles. The molecule has 9 heteroatoms. The highest BCUT2D eigenvalue weighted by Crippen LogP contribution is 2.41. The van der Waals surface area contributed by atoms with E-state index in [1.165, 1.54) is 0 Å². The molecule has 0 heterocycles. The number of carbonyl (C=O) groups is 2. The van der Waals surface area contributed by atoms with E-state index in [2.05, 4.69) is 18.5 Å². The second-order valence-corrected chi connectivity index (χ2v) is 3.79. The number of ether oxygens (including phenoxy) is 2. The van der Waals surface area contributed by atoms with Crippen molar-refractivity contribution < 1.29 is 37.6 Å². The lowest BCUT2D eigenvalue weighted by Crippen LogP contribution is -2.24. The van der Waals surface area contributed by atoms with Crippen molar-refractivity contribution in [2.45, 2.75) is 6.10 Å². The summed E-state index contributed by atoms with van der Waals surface area (Å²) in [5.41, 5.74) is 0. The summed E-state index contributed by atoms with van der Waals surface area (Å²) in [6, 6.07) is 0. The van der Waals surface area contributed by atoms with E-state index in [1.54, 1.807) is 0 Å². The summed E-state index contributed by atoms with van der Waals surface area (Å²) < 4.78 is 28.0. The Bertz CT molecular complexity index is 241. The predicted octanol–water partition coefficient (Wildman–Crippen LogP) is -0.536. The fourth-order valence-corrected chi connectivity index (χ4v) is 1.04. The SMILES string of the molecule is COP(=O)(O)OCC(COC=O)OC=O. The van der Waals surface area contributed by atoms with Gasteiger partial charge in [0.2, 0.25) is 0 Å². The van der Waals surface area contributed by atoms with Crippen LogP contribution in [0, 0.1) is 0 Å². The molecule has 0 aliphatic rings. The van der Waals surface area contributed by atoms with Gasteiger partial charge in [-0.2, -0.15) is 0 Å². The summed E-state index contributed by atoms with van der Waals surface area (Å²) in [7, 11) is -3.14. The van der Waals surface area contributed by atoms with Crippen molar-refractivity contribution in [2.24, 2.45) is 0 Å². The normalized spacial score (nSPS) is 16.1. The van der Waals surface area contributed by atoms with Crippen LogP contribution in [0.1, 0.15) is 0 Å². The summed E-state index contributed by atoms with van der Waals surface area (Å²) in [4.78, 5) is 28.6. The van der Waals surface area contributed by atoms with E-state index in [0.717, 1.165) is 7.11 Å². The average Bonchev–Trinajstić information content (AvgIpc) is 2.22. The zero-order chi connectivity index (χ0) is 11.7. The molecule has 0 bridgehead atoms. The molecule has 0 fully saturated rings. The Balaban J connectivity index is 3.99. The predicted molar refractivity (Wildman–Crippen MR) is 45.7 cm³/mol. The molecule has 0 amide bonds. The van der Waals surface area contributed by atoms with Crippen LogP contribution < -0.4 is 0 Å². The van der Waals surface area contributed by atoms with Gasteiger partial charge in [0.05, 0.1) is 6.61 Å². The molecule has 0 rings (SSSR count). The van der Waals surface area contributed by atoms with Crippen LogP contribution in [0.2, 0.25) is 0 Å². The number of carbonyl (C=O) groups excluding carboxylic acids is 2. The Morgan fingerprint density at radius 1 is 1.33 bits per heavy atom. The highest BCUT2D eigenvalue weighted by molar-refractivity contribution is 7.47. The van der Waals surface area contributed by atoms with Crippen molar-refractivity contribution in [3.63, 3.8) is 0 Å². The molecule has 2 atom stereocenters. The minimum absolute atomic E-state index is 0.108. The van der Waals surface area contributed by atoms with Crippen molar-refractivity contribution in [3.05, 3.63) is 0 Å². The molecule has 8 nitrogen and oxygen atoms in total. The zero-order valence-corrected chi connectivity index (χ0v) is 8.79. The number of hydrogen-bond acceptors (Lipinski definition) is 7. The van der Waals surface area contributed by atoms with Gasteiger partial charge in [-0.3, -0.25) is 18.6 Å². The van der Waals surface area contributed by atoms with Gasteiger partial charge in [-0.05, 0) is 0 Å². The molecular weight excluding hydrogens is 231 g/mol. The van der Waals surface area contributed by atoms with Gasteiger partial charge < -0.3 is 14.4 Å². The van der Waals surface area contributed by atoms with Gasteiger partial charge in [0.15, 0.2) is 6.10 Å². The minimum Gasteiger partial charge on any atom is -0.464 e. The lowest BCUT2D eigenvalue weighted by atomic mass is 10.4. The lowest BCUT2D eigenvalue weighted by molar-refractivity contribution is -0.144. The van der Waals surface area contributed by atoms with Crippen molar-refractivity contribution in [3.8, 4) is 0 Å². The minimum atomic E-state index is -4.12. The highest BCUT2D eigenvalue weighted by atomic mass is 31.2. The largest absolute Gasteiger partial charge is 0.472 e. The Labute approximate surface area is 85.7 Å². The van der Waals surface area contributed by atoms with Crippen LogP contribution >= 0.6 is 7.82 Å². The number of hydrogen-bond donors (Lipinski definition) is 1. The second-order valence-electron chi connectivity index (χ2n) is 2.23. The lowest BCUT2D eigenvalue weighted by Gasteiger charge is -2.15. The molecule has 88 valence electrons. The maximum absolute atomic E-state index is 10.8. The third-order valence-electron chi connectivity index (χ3n) is 1.25. The molecule has 0 saturated carbocycles. The first-order valence-corrected chi connectivity index (χ1v) is 5.22. The maximum atomic E-state index is 10.8. The van der Waals surface area contributed by atoms with E-state index in [9.17, 15) is 14.2 Å². The van der Waals surface area contributed by atoms with E-state index in [0.29, 0.717) is 0 Å². The van der Waals surface area contributed by atoms with E-state index < -0.39 is 20.5 Å². The first kappa shape index (κ1) is 14.1. The number of phosphoric ester groups is 1. The summed E-state index contributed by atoms with van der Waals surface area (Å²) in [5, 5.41) is 0. The van der Waals surface area contributed by atoms with Gasteiger partial charge in [-0.15, -0.1) is 0 Å². The van der Waals surface area contributed by atoms with Gasteiger partial charge in [0, 0.05) is 7.11 Å². The van der Waals surface area contributed by atoms with E-state index in [1.807, 2.05) is 0 Å². The van der Waals surface area contributed by atoms with Crippen LogP contribution in [0.15, 0.2) is 0 Å². The standard InChI is InChI=1S/C6H11O8P/c1-11-15(9,10)14-3-6(13-5-8)2-12-4-7/h4-6H,2-3H2,1H3,(H,9,10). The molecule has 0 radical (unpaired) electrons. The fourth-order valence-electron chi connectivity index (χ4n) is 0.582. The van der Waals surface area contributed by atoms with Crippen LogP contribution in [-0.2, 0) is 32.7 Å². The van der Waals surface area contributed by atoms with Crippen LogP contribution in [0.25, 0.3) is 0 Å². The molecule has 0 aromatic rings. The molecular formula is C6H11O8P. The Hall–Kier alpha value is -0.950. The molecule has 15 heavy (non-hydrogen) atoms. The summed E-state index contributed by atoms with van der Waals surface area (Å²) in [6.45, 7) is -0.437. The van der Waals surface area contributed by atoms with Gasteiger partial charge in [-0.25, -0.2) is 4.57 Å². The van der Waals surface area contributed by atoms with Crippen molar-refractivity contribution in [2.75, 3.05) is 20.3 Å². The van der Waals surface area contributed by atoms with Crippen molar-refractivity contribution in [1.29, 1.82) is 0 Å². The van der Waals surface area contributed by atoms with Gasteiger partial charge >= 0.3 is 7.82 Å². The first-order valence-electron chi connectivity index (χ1n) is 3.73. The smallest absolute Gasteiger partial charge is 0.464 e.